The quantitative estimate of drug-likeness (QED) is 0.726. The van der Waals surface area contributed by atoms with Crippen LogP contribution in [0.2, 0.25) is 0 Å². The van der Waals surface area contributed by atoms with Crippen LogP contribution in [-0.2, 0) is 6.18 Å². The third kappa shape index (κ3) is 2.09. The van der Waals surface area contributed by atoms with Crippen molar-refractivity contribution < 1.29 is 22.0 Å². The number of halogens is 5. The van der Waals surface area contributed by atoms with Crippen LogP contribution in [0.3, 0.4) is 0 Å². The lowest BCUT2D eigenvalue weighted by molar-refractivity contribution is -0.143. The number of hydrogen-bond acceptors (Lipinski definition) is 2. The predicted molar refractivity (Wildman–Crippen MR) is 38.6 cm³/mol. The van der Waals surface area contributed by atoms with Gasteiger partial charge in [0.05, 0.1) is 17.4 Å². The summed E-state index contributed by atoms with van der Waals surface area (Å²) < 4.78 is 60.6. The average Bonchev–Trinajstić information content (AvgIpc) is 2.01. The van der Waals surface area contributed by atoms with Gasteiger partial charge in [0.15, 0.2) is 5.69 Å². The third-order valence-electron chi connectivity index (χ3n) is 1.44. The minimum Gasteiger partial charge on any atom is -0.397 e. The van der Waals surface area contributed by atoms with Crippen molar-refractivity contribution in [3.05, 3.63) is 23.5 Å². The highest BCUT2D eigenvalue weighted by Gasteiger charge is 2.37. The highest BCUT2D eigenvalue weighted by molar-refractivity contribution is 5.41. The molecule has 1 aromatic rings. The first-order valence-corrected chi connectivity index (χ1v) is 3.43. The van der Waals surface area contributed by atoms with E-state index in [4.69, 9.17) is 5.73 Å². The van der Waals surface area contributed by atoms with E-state index < -0.39 is 23.9 Å². The molecule has 78 valence electrons. The van der Waals surface area contributed by atoms with E-state index in [1.165, 1.54) is 0 Å². The molecular formula is C7H5F5N2. The summed E-state index contributed by atoms with van der Waals surface area (Å²) >= 11 is 0. The van der Waals surface area contributed by atoms with Gasteiger partial charge in [0, 0.05) is 0 Å². The van der Waals surface area contributed by atoms with Gasteiger partial charge >= 0.3 is 6.18 Å². The molecule has 0 aromatic carbocycles. The molecule has 2 N–H and O–H groups in total. The Kier molecular flexibility index (Phi) is 2.59. The lowest BCUT2D eigenvalue weighted by Gasteiger charge is -2.11. The van der Waals surface area contributed by atoms with Gasteiger partial charge in [-0.05, 0) is 6.07 Å². The Morgan fingerprint density at radius 2 is 1.86 bits per heavy atom. The number of rotatable bonds is 1. The number of alkyl halides is 5. The van der Waals surface area contributed by atoms with Crippen LogP contribution in [0.15, 0.2) is 12.3 Å². The largest absolute Gasteiger partial charge is 0.433 e. The minimum atomic E-state index is -4.89. The molecule has 0 saturated carbocycles. The van der Waals surface area contributed by atoms with Crippen LogP contribution in [0.25, 0.3) is 0 Å². The Hall–Kier alpha value is -1.40. The van der Waals surface area contributed by atoms with Gasteiger partial charge in [-0.25, -0.2) is 13.8 Å². The first-order valence-electron chi connectivity index (χ1n) is 3.43. The van der Waals surface area contributed by atoms with E-state index in [-0.39, 0.29) is 5.69 Å². The monoisotopic (exact) mass is 212 g/mol. The van der Waals surface area contributed by atoms with E-state index in [9.17, 15) is 22.0 Å². The molecule has 0 aliphatic rings. The van der Waals surface area contributed by atoms with Gasteiger partial charge < -0.3 is 5.73 Å². The van der Waals surface area contributed by atoms with Crippen molar-refractivity contribution >= 4 is 5.69 Å². The molecule has 0 bridgehead atoms. The maximum absolute atomic E-state index is 12.1. The van der Waals surface area contributed by atoms with Crippen LogP contribution >= 0.6 is 0 Å². The second kappa shape index (κ2) is 3.39. The number of pyridine rings is 1. The molecule has 0 atom stereocenters. The zero-order valence-electron chi connectivity index (χ0n) is 6.65. The molecule has 1 rings (SSSR count). The molecule has 0 fully saturated rings. The molecule has 0 aliphatic heterocycles. The molecule has 0 amide bonds. The van der Waals surface area contributed by atoms with Crippen molar-refractivity contribution in [2.45, 2.75) is 12.6 Å². The van der Waals surface area contributed by atoms with Crippen molar-refractivity contribution in [3.63, 3.8) is 0 Å². The maximum atomic E-state index is 12.1. The second-order valence-electron chi connectivity index (χ2n) is 2.50. The van der Waals surface area contributed by atoms with Crippen LogP contribution in [0, 0.1) is 0 Å². The van der Waals surface area contributed by atoms with Crippen molar-refractivity contribution in [3.8, 4) is 0 Å². The summed E-state index contributed by atoms with van der Waals surface area (Å²) in [6.45, 7) is 0. The van der Waals surface area contributed by atoms with Crippen LogP contribution in [0.4, 0.5) is 27.6 Å². The summed E-state index contributed by atoms with van der Waals surface area (Å²) in [7, 11) is 0. The van der Waals surface area contributed by atoms with E-state index in [2.05, 4.69) is 4.98 Å². The van der Waals surface area contributed by atoms with Gasteiger partial charge in [0.25, 0.3) is 6.43 Å². The SMILES string of the molecule is Nc1cnc(C(F)(F)F)c(C(F)F)c1. The van der Waals surface area contributed by atoms with Crippen molar-refractivity contribution in [2.75, 3.05) is 5.73 Å². The summed E-state index contributed by atoms with van der Waals surface area (Å²) in [5.74, 6) is 0. The van der Waals surface area contributed by atoms with Crippen LogP contribution in [-0.4, -0.2) is 4.98 Å². The average molecular weight is 212 g/mol. The van der Waals surface area contributed by atoms with E-state index in [1.54, 1.807) is 0 Å². The fourth-order valence-electron chi connectivity index (χ4n) is 0.902. The van der Waals surface area contributed by atoms with Gasteiger partial charge in [-0.1, -0.05) is 0 Å². The van der Waals surface area contributed by atoms with Crippen molar-refractivity contribution in [2.24, 2.45) is 0 Å². The van der Waals surface area contributed by atoms with Gasteiger partial charge in [-0.15, -0.1) is 0 Å². The Balaban J connectivity index is 3.29. The molecule has 0 spiro atoms. The molecule has 1 aromatic heterocycles. The number of aromatic nitrogens is 1. The van der Waals surface area contributed by atoms with E-state index >= 15 is 0 Å². The first-order chi connectivity index (χ1) is 6.32. The number of nitrogens with zero attached hydrogens (tertiary/aromatic N) is 1. The van der Waals surface area contributed by atoms with Crippen LogP contribution < -0.4 is 5.73 Å². The number of nitrogens with two attached hydrogens (primary N) is 1. The normalized spacial score (nSPS) is 12.1. The van der Waals surface area contributed by atoms with Crippen molar-refractivity contribution in [1.82, 2.24) is 4.98 Å². The Bertz CT molecular complexity index is 333. The molecule has 7 heteroatoms. The Morgan fingerprint density at radius 3 is 2.29 bits per heavy atom. The summed E-state index contributed by atoms with van der Waals surface area (Å²) in [6, 6.07) is 0.570. The van der Waals surface area contributed by atoms with Gasteiger partial charge in [0.1, 0.15) is 0 Å². The summed E-state index contributed by atoms with van der Waals surface area (Å²) in [4.78, 5) is 2.84. The third-order valence-corrected chi connectivity index (χ3v) is 1.44. The van der Waals surface area contributed by atoms with Gasteiger partial charge in [-0.3, -0.25) is 0 Å². The molecule has 0 saturated heterocycles. The lowest BCUT2D eigenvalue weighted by atomic mass is 10.2. The number of nitrogen functional groups attached to an aromatic ring is 1. The fraction of sp³-hybridized carbons (Fsp3) is 0.286. The molecule has 0 unspecified atom stereocenters. The topological polar surface area (TPSA) is 38.9 Å². The first kappa shape index (κ1) is 10.7. The molecule has 2 nitrogen and oxygen atoms in total. The van der Waals surface area contributed by atoms with Crippen molar-refractivity contribution in [1.29, 1.82) is 0 Å². The second-order valence-corrected chi connectivity index (χ2v) is 2.50. The molecule has 0 radical (unpaired) electrons. The Labute approximate surface area is 75.5 Å². The lowest BCUT2D eigenvalue weighted by Crippen LogP contribution is -2.12. The van der Waals surface area contributed by atoms with E-state index in [0.29, 0.717) is 12.3 Å². The Morgan fingerprint density at radius 1 is 1.29 bits per heavy atom. The van der Waals surface area contributed by atoms with Gasteiger partial charge in [-0.2, -0.15) is 13.2 Å². The zero-order valence-corrected chi connectivity index (χ0v) is 6.65. The van der Waals surface area contributed by atoms with E-state index in [0.717, 1.165) is 0 Å². The molecule has 1 heterocycles. The highest BCUT2D eigenvalue weighted by atomic mass is 19.4. The van der Waals surface area contributed by atoms with E-state index in [1.807, 2.05) is 0 Å². The number of anilines is 1. The zero-order chi connectivity index (χ0) is 10.9. The summed E-state index contributed by atoms with van der Waals surface area (Å²) in [6.07, 6.45) is -7.45. The molecular weight excluding hydrogens is 207 g/mol. The smallest absolute Gasteiger partial charge is 0.397 e. The number of hydrogen-bond donors (Lipinski definition) is 1. The standard InChI is InChI=1S/C7H5F5N2/c8-6(9)4-1-3(13)2-14-5(4)7(10,11)12/h1-2,6H,13H2. The van der Waals surface area contributed by atoms with Gasteiger partial charge in [0.2, 0.25) is 0 Å². The summed E-state index contributed by atoms with van der Waals surface area (Å²) in [5, 5.41) is 0. The maximum Gasteiger partial charge on any atom is 0.433 e. The summed E-state index contributed by atoms with van der Waals surface area (Å²) in [5.41, 5.74) is 2.02. The highest BCUT2D eigenvalue weighted by Crippen LogP contribution is 2.35. The molecule has 14 heavy (non-hydrogen) atoms. The van der Waals surface area contributed by atoms with Crippen LogP contribution in [0.5, 0.6) is 0 Å². The fourth-order valence-corrected chi connectivity index (χ4v) is 0.902. The van der Waals surface area contributed by atoms with Crippen LogP contribution in [0.1, 0.15) is 17.7 Å². The minimum absolute atomic E-state index is 0.228. The predicted octanol–water partition coefficient (Wildman–Crippen LogP) is 2.62. The molecule has 0 aliphatic carbocycles.